The van der Waals surface area contributed by atoms with E-state index in [1.165, 1.54) is 0 Å². The third-order valence-corrected chi connectivity index (χ3v) is 2.35. The Kier molecular flexibility index (Phi) is 3.68. The fourth-order valence-electron chi connectivity index (χ4n) is 1.38. The molecule has 0 aliphatic heterocycles. The summed E-state index contributed by atoms with van der Waals surface area (Å²) in [5.41, 5.74) is 0. The molecular formula is C10H15N7O. The first-order chi connectivity index (χ1) is 8.74. The number of nitrogens with zero attached hydrogens (tertiary/aromatic N) is 6. The van der Waals surface area contributed by atoms with Gasteiger partial charge in [0, 0.05) is 33.0 Å². The SMILES string of the molecule is CNc1nc(N(C)CCO)nc(-n2ccnc2)n1. The van der Waals surface area contributed by atoms with Crippen LogP contribution in [-0.2, 0) is 0 Å². The number of aliphatic hydroxyl groups excluding tert-OH is 1. The van der Waals surface area contributed by atoms with Crippen molar-refractivity contribution in [2.75, 3.05) is 37.5 Å². The van der Waals surface area contributed by atoms with Gasteiger partial charge in [-0.15, -0.1) is 0 Å². The van der Waals surface area contributed by atoms with Crippen molar-refractivity contribution in [1.82, 2.24) is 24.5 Å². The third kappa shape index (κ3) is 2.54. The minimum Gasteiger partial charge on any atom is -0.395 e. The zero-order chi connectivity index (χ0) is 13.0. The lowest BCUT2D eigenvalue weighted by molar-refractivity contribution is 0.303. The fourth-order valence-corrected chi connectivity index (χ4v) is 1.38. The molecule has 0 fully saturated rings. The summed E-state index contributed by atoms with van der Waals surface area (Å²) in [6, 6.07) is 0. The molecule has 0 saturated carbocycles. The van der Waals surface area contributed by atoms with E-state index < -0.39 is 0 Å². The van der Waals surface area contributed by atoms with Crippen LogP contribution in [0.15, 0.2) is 18.7 Å². The van der Waals surface area contributed by atoms with Crippen LogP contribution in [0.4, 0.5) is 11.9 Å². The van der Waals surface area contributed by atoms with E-state index in [-0.39, 0.29) is 6.61 Å². The third-order valence-electron chi connectivity index (χ3n) is 2.35. The normalized spacial score (nSPS) is 10.4. The van der Waals surface area contributed by atoms with Gasteiger partial charge in [-0.2, -0.15) is 15.0 Å². The lowest BCUT2D eigenvalue weighted by Crippen LogP contribution is -2.24. The first kappa shape index (κ1) is 12.2. The Morgan fingerprint density at radius 3 is 2.83 bits per heavy atom. The summed E-state index contributed by atoms with van der Waals surface area (Å²) in [7, 11) is 3.55. The minimum absolute atomic E-state index is 0.0392. The summed E-state index contributed by atoms with van der Waals surface area (Å²) in [4.78, 5) is 18.5. The van der Waals surface area contributed by atoms with E-state index in [9.17, 15) is 0 Å². The molecule has 96 valence electrons. The van der Waals surface area contributed by atoms with Gasteiger partial charge in [0.15, 0.2) is 0 Å². The number of aromatic nitrogens is 5. The van der Waals surface area contributed by atoms with Gasteiger partial charge in [-0.3, -0.25) is 4.57 Å². The lowest BCUT2D eigenvalue weighted by atomic mass is 10.6. The predicted molar refractivity (Wildman–Crippen MR) is 66.9 cm³/mol. The van der Waals surface area contributed by atoms with Crippen LogP contribution in [0.1, 0.15) is 0 Å². The molecule has 0 unspecified atom stereocenters. The number of anilines is 2. The monoisotopic (exact) mass is 249 g/mol. The predicted octanol–water partition coefficient (Wildman–Crippen LogP) is -0.473. The molecule has 18 heavy (non-hydrogen) atoms. The van der Waals surface area contributed by atoms with Crippen LogP contribution in [0.2, 0.25) is 0 Å². The number of rotatable bonds is 5. The molecule has 0 aromatic carbocycles. The van der Waals surface area contributed by atoms with Crippen LogP contribution in [0.5, 0.6) is 0 Å². The van der Waals surface area contributed by atoms with Gasteiger partial charge in [0.1, 0.15) is 6.33 Å². The van der Waals surface area contributed by atoms with E-state index in [2.05, 4.69) is 25.3 Å². The number of imidazole rings is 1. The van der Waals surface area contributed by atoms with Crippen LogP contribution in [0, 0.1) is 0 Å². The second-order valence-corrected chi connectivity index (χ2v) is 3.62. The minimum atomic E-state index is 0.0392. The van der Waals surface area contributed by atoms with Crippen LogP contribution >= 0.6 is 0 Å². The molecule has 0 saturated heterocycles. The average Bonchev–Trinajstić information content (AvgIpc) is 2.92. The summed E-state index contributed by atoms with van der Waals surface area (Å²) in [6.07, 6.45) is 5.02. The second kappa shape index (κ2) is 5.41. The van der Waals surface area contributed by atoms with E-state index in [0.717, 1.165) is 0 Å². The van der Waals surface area contributed by atoms with E-state index in [0.29, 0.717) is 24.4 Å². The van der Waals surface area contributed by atoms with Gasteiger partial charge in [0.05, 0.1) is 6.61 Å². The molecule has 8 heteroatoms. The highest BCUT2D eigenvalue weighted by molar-refractivity contribution is 5.39. The smallest absolute Gasteiger partial charge is 0.241 e. The van der Waals surface area contributed by atoms with Crippen molar-refractivity contribution in [2.24, 2.45) is 0 Å². The molecule has 2 aromatic rings. The highest BCUT2D eigenvalue weighted by atomic mass is 16.3. The van der Waals surface area contributed by atoms with Gasteiger partial charge in [-0.25, -0.2) is 4.98 Å². The maximum atomic E-state index is 8.93. The maximum Gasteiger partial charge on any atom is 0.241 e. The molecule has 0 atom stereocenters. The van der Waals surface area contributed by atoms with Crippen molar-refractivity contribution >= 4 is 11.9 Å². The van der Waals surface area contributed by atoms with E-state index >= 15 is 0 Å². The van der Waals surface area contributed by atoms with Crippen LogP contribution in [-0.4, -0.2) is 56.9 Å². The van der Waals surface area contributed by atoms with Crippen molar-refractivity contribution in [2.45, 2.75) is 0 Å². The van der Waals surface area contributed by atoms with Crippen molar-refractivity contribution in [1.29, 1.82) is 0 Å². The number of hydrogen-bond acceptors (Lipinski definition) is 7. The van der Waals surface area contributed by atoms with Crippen molar-refractivity contribution in [3.63, 3.8) is 0 Å². The Morgan fingerprint density at radius 2 is 2.22 bits per heavy atom. The summed E-state index contributed by atoms with van der Waals surface area (Å²) >= 11 is 0. The quantitative estimate of drug-likeness (QED) is 0.739. The molecule has 0 aliphatic carbocycles. The molecule has 8 nitrogen and oxygen atoms in total. The molecule has 0 bridgehead atoms. The highest BCUT2D eigenvalue weighted by Gasteiger charge is 2.10. The molecule has 0 amide bonds. The molecule has 0 spiro atoms. The summed E-state index contributed by atoms with van der Waals surface area (Å²) < 4.78 is 1.69. The van der Waals surface area contributed by atoms with Crippen molar-refractivity contribution in [3.8, 4) is 5.95 Å². The Morgan fingerprint density at radius 1 is 1.39 bits per heavy atom. The Hall–Kier alpha value is -2.22. The molecule has 0 aliphatic rings. The van der Waals surface area contributed by atoms with Gasteiger partial charge in [0.2, 0.25) is 17.8 Å². The largest absolute Gasteiger partial charge is 0.395 e. The standard InChI is InChI=1S/C10H15N7O/c1-11-8-13-9(16(2)5-6-18)15-10(14-8)17-4-3-12-7-17/h3-4,7,18H,5-6H2,1-2H3,(H,11,13,14,15). The number of nitrogens with one attached hydrogen (secondary N) is 1. The lowest BCUT2D eigenvalue weighted by Gasteiger charge is -2.16. The molecule has 2 N–H and O–H groups in total. The molecule has 2 heterocycles. The summed E-state index contributed by atoms with van der Waals surface area (Å²) in [5, 5.41) is 11.8. The van der Waals surface area contributed by atoms with E-state index in [4.69, 9.17) is 5.11 Å². The van der Waals surface area contributed by atoms with Gasteiger partial charge >= 0.3 is 0 Å². The average molecular weight is 249 g/mol. The number of aliphatic hydroxyl groups is 1. The zero-order valence-electron chi connectivity index (χ0n) is 10.3. The highest BCUT2D eigenvalue weighted by Crippen LogP contribution is 2.11. The molecular weight excluding hydrogens is 234 g/mol. The Labute approximate surface area is 104 Å². The maximum absolute atomic E-state index is 8.93. The van der Waals surface area contributed by atoms with Gasteiger partial charge in [0.25, 0.3) is 0 Å². The molecule has 2 rings (SSSR count). The fraction of sp³-hybridized carbons (Fsp3) is 0.400. The Balaban J connectivity index is 2.39. The number of likely N-dealkylation sites (N-methyl/N-ethyl adjacent to an activating group) is 1. The molecule has 2 aromatic heterocycles. The van der Waals surface area contributed by atoms with Crippen LogP contribution in [0.3, 0.4) is 0 Å². The molecule has 0 radical (unpaired) electrons. The Bertz CT molecular complexity index is 499. The van der Waals surface area contributed by atoms with Crippen LogP contribution < -0.4 is 10.2 Å². The zero-order valence-corrected chi connectivity index (χ0v) is 10.3. The topological polar surface area (TPSA) is 92.0 Å². The van der Waals surface area contributed by atoms with Crippen molar-refractivity contribution < 1.29 is 5.11 Å². The van der Waals surface area contributed by atoms with E-state index in [1.54, 1.807) is 35.2 Å². The van der Waals surface area contributed by atoms with E-state index in [1.807, 2.05) is 7.05 Å². The summed E-state index contributed by atoms with van der Waals surface area (Å²) in [5.74, 6) is 1.44. The first-order valence-electron chi connectivity index (χ1n) is 5.48. The summed E-state index contributed by atoms with van der Waals surface area (Å²) in [6.45, 7) is 0.494. The van der Waals surface area contributed by atoms with Gasteiger partial charge in [-0.1, -0.05) is 0 Å². The number of hydrogen-bond donors (Lipinski definition) is 2. The first-order valence-corrected chi connectivity index (χ1v) is 5.48. The van der Waals surface area contributed by atoms with Gasteiger partial charge in [-0.05, 0) is 0 Å². The second-order valence-electron chi connectivity index (χ2n) is 3.62. The van der Waals surface area contributed by atoms with Crippen LogP contribution in [0.25, 0.3) is 5.95 Å². The van der Waals surface area contributed by atoms with Crippen molar-refractivity contribution in [3.05, 3.63) is 18.7 Å². The van der Waals surface area contributed by atoms with Gasteiger partial charge < -0.3 is 15.3 Å².